The third-order valence-electron chi connectivity index (χ3n) is 2.98. The molecule has 0 bridgehead atoms. The van der Waals surface area contributed by atoms with Crippen molar-refractivity contribution < 1.29 is 19.6 Å². The van der Waals surface area contributed by atoms with Crippen LogP contribution in [-0.4, -0.2) is 49.7 Å². The molecule has 1 aromatic heterocycles. The highest BCUT2D eigenvalue weighted by atomic mass is 16.6. The average Bonchev–Trinajstić information content (AvgIpc) is 2.87. The van der Waals surface area contributed by atoms with E-state index < -0.39 is 28.9 Å². The molecule has 0 aliphatic carbocycles. The van der Waals surface area contributed by atoms with Gasteiger partial charge in [0.1, 0.15) is 24.5 Å². The van der Waals surface area contributed by atoms with Crippen LogP contribution in [0.25, 0.3) is 0 Å². The number of hydrogen-bond acceptors (Lipinski definition) is 5. The van der Waals surface area contributed by atoms with Crippen LogP contribution in [0.2, 0.25) is 0 Å². The lowest BCUT2D eigenvalue weighted by Gasteiger charge is -2.30. The van der Waals surface area contributed by atoms with Gasteiger partial charge in [-0.2, -0.15) is 5.10 Å². The van der Waals surface area contributed by atoms with Gasteiger partial charge in [0, 0.05) is 6.54 Å². The van der Waals surface area contributed by atoms with Crippen LogP contribution in [0.1, 0.15) is 27.2 Å². The second-order valence-electron chi connectivity index (χ2n) is 5.08. The molecule has 0 unspecified atom stereocenters. The number of aliphatic carboxylic acids is 1. The normalized spacial score (nSPS) is 11.2. The Hall–Kier alpha value is -2.45. The highest BCUT2D eigenvalue weighted by Gasteiger charge is 2.36. The first-order valence-electron chi connectivity index (χ1n) is 6.40. The van der Waals surface area contributed by atoms with E-state index in [1.807, 2.05) is 6.92 Å². The summed E-state index contributed by atoms with van der Waals surface area (Å²) in [6.45, 7) is 4.78. The van der Waals surface area contributed by atoms with Crippen LogP contribution in [0.15, 0.2) is 12.4 Å². The van der Waals surface area contributed by atoms with Gasteiger partial charge in [-0.15, -0.1) is 0 Å². The summed E-state index contributed by atoms with van der Waals surface area (Å²) >= 11 is 0. The lowest BCUT2D eigenvalue weighted by Crippen LogP contribution is -2.49. The molecule has 0 saturated heterocycles. The first-order chi connectivity index (χ1) is 9.70. The molecule has 0 saturated carbocycles. The maximum Gasteiger partial charge on any atom is 0.323 e. The molecule has 0 aliphatic rings. The van der Waals surface area contributed by atoms with Crippen LogP contribution >= 0.6 is 0 Å². The molecule has 0 spiro atoms. The molecule has 1 rings (SSSR count). The van der Waals surface area contributed by atoms with Gasteiger partial charge in [-0.1, -0.05) is 6.92 Å². The van der Waals surface area contributed by atoms with E-state index in [0.717, 1.165) is 12.4 Å². The fraction of sp³-hybridized carbons (Fsp3) is 0.583. The zero-order valence-corrected chi connectivity index (χ0v) is 12.1. The number of carbonyl (C=O) groups is 2. The monoisotopic (exact) mass is 298 g/mol. The van der Waals surface area contributed by atoms with E-state index in [0.29, 0.717) is 6.42 Å². The number of amides is 1. The molecule has 21 heavy (non-hydrogen) atoms. The minimum atomic E-state index is -1.21. The molecule has 1 N–H and O–H groups in total. The third-order valence-corrected chi connectivity index (χ3v) is 2.98. The summed E-state index contributed by atoms with van der Waals surface area (Å²) < 4.78 is 1.18. The summed E-state index contributed by atoms with van der Waals surface area (Å²) in [6.07, 6.45) is 2.81. The summed E-state index contributed by atoms with van der Waals surface area (Å²) in [5.74, 6) is -1.57. The van der Waals surface area contributed by atoms with Crippen molar-refractivity contribution in [1.29, 1.82) is 0 Å². The van der Waals surface area contributed by atoms with Gasteiger partial charge < -0.3 is 10.0 Å². The fourth-order valence-electron chi connectivity index (χ4n) is 1.88. The SMILES string of the molecule is CCCN(CC(=O)O)C(=O)C(C)(C)n1cc([N+](=O)[O-])cn1. The van der Waals surface area contributed by atoms with Crippen LogP contribution in [0.3, 0.4) is 0 Å². The van der Waals surface area contributed by atoms with Crippen molar-refractivity contribution in [2.45, 2.75) is 32.7 Å². The third kappa shape index (κ3) is 3.77. The van der Waals surface area contributed by atoms with Crippen molar-refractivity contribution in [3.05, 3.63) is 22.5 Å². The van der Waals surface area contributed by atoms with Gasteiger partial charge in [0.15, 0.2) is 0 Å². The van der Waals surface area contributed by atoms with E-state index in [9.17, 15) is 19.7 Å². The Balaban J connectivity index is 3.04. The molecule has 0 aliphatic heterocycles. The number of hydrogen-bond donors (Lipinski definition) is 1. The molecule has 0 aromatic carbocycles. The van der Waals surface area contributed by atoms with Gasteiger partial charge in [0.05, 0.1) is 4.92 Å². The van der Waals surface area contributed by atoms with Crippen molar-refractivity contribution in [2.24, 2.45) is 0 Å². The second kappa shape index (κ2) is 6.33. The second-order valence-corrected chi connectivity index (χ2v) is 5.08. The maximum atomic E-state index is 12.5. The van der Waals surface area contributed by atoms with Crippen LogP contribution in [0, 0.1) is 10.1 Å². The zero-order chi connectivity index (χ0) is 16.2. The molecule has 1 aromatic rings. The Morgan fingerprint density at radius 2 is 2.14 bits per heavy atom. The summed E-state index contributed by atoms with van der Waals surface area (Å²) in [5.41, 5.74) is -1.44. The fourth-order valence-corrected chi connectivity index (χ4v) is 1.88. The minimum absolute atomic E-state index is 0.226. The minimum Gasteiger partial charge on any atom is -0.480 e. The molecule has 9 heteroatoms. The van der Waals surface area contributed by atoms with Gasteiger partial charge in [-0.3, -0.25) is 24.4 Å². The van der Waals surface area contributed by atoms with Gasteiger partial charge in [0.25, 0.3) is 5.91 Å². The van der Waals surface area contributed by atoms with E-state index in [2.05, 4.69) is 5.10 Å². The highest BCUT2D eigenvalue weighted by molar-refractivity contribution is 5.86. The van der Waals surface area contributed by atoms with Crippen LogP contribution in [0.5, 0.6) is 0 Å². The maximum absolute atomic E-state index is 12.5. The molecular weight excluding hydrogens is 280 g/mol. The van der Waals surface area contributed by atoms with E-state index in [1.54, 1.807) is 0 Å². The zero-order valence-electron chi connectivity index (χ0n) is 12.1. The molecule has 0 radical (unpaired) electrons. The average molecular weight is 298 g/mol. The molecule has 1 amide bonds. The Bertz CT molecular complexity index is 552. The van der Waals surface area contributed by atoms with E-state index in [-0.39, 0.29) is 12.2 Å². The number of rotatable bonds is 7. The number of nitro groups is 1. The predicted molar refractivity (Wildman–Crippen MR) is 72.7 cm³/mol. The molecule has 9 nitrogen and oxygen atoms in total. The standard InChI is InChI=1S/C12H18N4O5/c1-4-5-14(8-10(17)18)11(19)12(2,3)15-7-9(6-13-15)16(20)21/h6-7H,4-5,8H2,1-3H3,(H,17,18). The lowest BCUT2D eigenvalue weighted by atomic mass is 10.0. The van der Waals surface area contributed by atoms with Gasteiger partial charge in [-0.05, 0) is 20.3 Å². The van der Waals surface area contributed by atoms with Crippen molar-refractivity contribution >= 4 is 17.6 Å². The van der Waals surface area contributed by atoms with Crippen molar-refractivity contribution in [3.63, 3.8) is 0 Å². The Morgan fingerprint density at radius 3 is 2.57 bits per heavy atom. The Labute approximate surface area is 121 Å². The summed E-state index contributed by atoms with van der Waals surface area (Å²) in [5, 5.41) is 23.4. The number of carboxylic acid groups (broad SMARTS) is 1. The topological polar surface area (TPSA) is 119 Å². The number of aromatic nitrogens is 2. The van der Waals surface area contributed by atoms with Crippen LogP contribution in [-0.2, 0) is 15.1 Å². The molecule has 0 atom stereocenters. The van der Waals surface area contributed by atoms with E-state index >= 15 is 0 Å². The molecule has 116 valence electrons. The predicted octanol–water partition coefficient (Wildman–Crippen LogP) is 0.850. The highest BCUT2D eigenvalue weighted by Crippen LogP contribution is 2.21. The summed E-state index contributed by atoms with van der Waals surface area (Å²) in [6, 6.07) is 0. The first-order valence-corrected chi connectivity index (χ1v) is 6.40. The van der Waals surface area contributed by atoms with Crippen molar-refractivity contribution in [1.82, 2.24) is 14.7 Å². The molecule has 1 heterocycles. The quantitative estimate of drug-likeness (QED) is 0.588. The largest absolute Gasteiger partial charge is 0.480 e. The smallest absolute Gasteiger partial charge is 0.323 e. The first kappa shape index (κ1) is 16.6. The Morgan fingerprint density at radius 1 is 1.52 bits per heavy atom. The number of carboxylic acids is 1. The van der Waals surface area contributed by atoms with Crippen molar-refractivity contribution in [3.8, 4) is 0 Å². The van der Waals surface area contributed by atoms with Crippen molar-refractivity contribution in [2.75, 3.05) is 13.1 Å². The van der Waals surface area contributed by atoms with Gasteiger partial charge in [-0.25, -0.2) is 0 Å². The Kier molecular flexibility index (Phi) is 5.01. The van der Waals surface area contributed by atoms with Gasteiger partial charge in [0.2, 0.25) is 0 Å². The lowest BCUT2D eigenvalue weighted by molar-refractivity contribution is -0.385. The van der Waals surface area contributed by atoms with Gasteiger partial charge >= 0.3 is 11.7 Å². The molecular formula is C12H18N4O5. The van der Waals surface area contributed by atoms with E-state index in [1.165, 1.54) is 23.4 Å². The van der Waals surface area contributed by atoms with Crippen LogP contribution in [0.4, 0.5) is 5.69 Å². The summed E-state index contributed by atoms with van der Waals surface area (Å²) in [4.78, 5) is 34.6. The summed E-state index contributed by atoms with van der Waals surface area (Å²) in [7, 11) is 0. The molecule has 0 fully saturated rings. The number of carbonyl (C=O) groups excluding carboxylic acids is 1. The number of nitrogens with zero attached hydrogens (tertiary/aromatic N) is 4. The van der Waals surface area contributed by atoms with Crippen LogP contribution < -0.4 is 0 Å². The van der Waals surface area contributed by atoms with E-state index in [4.69, 9.17) is 5.11 Å².